The van der Waals surface area contributed by atoms with E-state index in [4.69, 9.17) is 0 Å². The predicted octanol–water partition coefficient (Wildman–Crippen LogP) is 1.15. The molecule has 0 spiro atoms. The first-order chi connectivity index (χ1) is 12.2. The Hall–Kier alpha value is -2.69. The topological polar surface area (TPSA) is 95.8 Å². The molecule has 3 rings (SSSR count). The number of imide groups is 1. The summed E-state index contributed by atoms with van der Waals surface area (Å²) in [6, 6.07) is 1.89. The second-order valence-corrected chi connectivity index (χ2v) is 6.11. The highest BCUT2D eigenvalue weighted by Gasteiger charge is 2.38. The van der Waals surface area contributed by atoms with Gasteiger partial charge in [-0.25, -0.2) is 0 Å². The zero-order valence-electron chi connectivity index (χ0n) is 13.5. The zero-order chi connectivity index (χ0) is 19.1. The van der Waals surface area contributed by atoms with Crippen LogP contribution in [0.25, 0.3) is 0 Å². The van der Waals surface area contributed by atoms with Crippen LogP contribution >= 0.6 is 0 Å². The highest BCUT2D eigenvalue weighted by molar-refractivity contribution is 6.05. The van der Waals surface area contributed by atoms with Gasteiger partial charge in [-0.05, 0) is 12.1 Å². The first-order valence-corrected chi connectivity index (χ1v) is 7.85. The number of rotatable bonds is 3. The summed E-state index contributed by atoms with van der Waals surface area (Å²) in [4.78, 5) is 36.8. The van der Waals surface area contributed by atoms with Crippen molar-refractivity contribution in [2.24, 2.45) is 0 Å². The molecule has 2 heterocycles. The van der Waals surface area contributed by atoms with E-state index in [0.29, 0.717) is 32.2 Å². The molecule has 0 radical (unpaired) electrons. The van der Waals surface area contributed by atoms with E-state index in [9.17, 15) is 32.9 Å². The van der Waals surface area contributed by atoms with Gasteiger partial charge in [-0.15, -0.1) is 0 Å². The van der Waals surface area contributed by atoms with E-state index in [-0.39, 0.29) is 23.9 Å². The molecule has 2 fully saturated rings. The Labute approximate surface area is 145 Å². The number of carbonyl (C=O) groups is 2. The van der Waals surface area contributed by atoms with Gasteiger partial charge in [0.05, 0.1) is 22.9 Å². The average molecular weight is 372 g/mol. The van der Waals surface area contributed by atoms with Gasteiger partial charge in [0, 0.05) is 32.2 Å². The van der Waals surface area contributed by atoms with Gasteiger partial charge in [-0.3, -0.25) is 29.9 Å². The van der Waals surface area contributed by atoms with E-state index in [2.05, 4.69) is 5.32 Å². The molecule has 11 heteroatoms. The first kappa shape index (κ1) is 18.1. The Morgan fingerprint density at radius 3 is 2.31 bits per heavy atom. The largest absolute Gasteiger partial charge is 0.416 e. The standard InChI is InChI=1S/C15H15F3N4O4/c16-15(17,18)9-1-2-10(11(7-9)22(25)26)20-3-5-21(6-4-20)12-8-13(23)19-14(12)24/h1-2,7,12H,3-6,8H2,(H,19,23,24). The fourth-order valence-electron chi connectivity index (χ4n) is 3.22. The number of nitrogens with one attached hydrogen (secondary N) is 1. The van der Waals surface area contributed by atoms with Crippen LogP contribution in [0.15, 0.2) is 18.2 Å². The van der Waals surface area contributed by atoms with Crippen LogP contribution in [0.5, 0.6) is 0 Å². The van der Waals surface area contributed by atoms with E-state index in [1.54, 1.807) is 9.80 Å². The molecule has 1 aromatic carbocycles. The van der Waals surface area contributed by atoms with Crippen molar-refractivity contribution in [2.45, 2.75) is 18.6 Å². The van der Waals surface area contributed by atoms with Crippen LogP contribution in [0.3, 0.4) is 0 Å². The van der Waals surface area contributed by atoms with Gasteiger partial charge in [0.2, 0.25) is 11.8 Å². The maximum atomic E-state index is 12.8. The van der Waals surface area contributed by atoms with Crippen LogP contribution in [0.4, 0.5) is 24.5 Å². The van der Waals surface area contributed by atoms with Crippen molar-refractivity contribution in [3.63, 3.8) is 0 Å². The van der Waals surface area contributed by atoms with Crippen molar-refractivity contribution in [1.29, 1.82) is 0 Å². The van der Waals surface area contributed by atoms with Crippen molar-refractivity contribution < 1.29 is 27.7 Å². The van der Waals surface area contributed by atoms with Gasteiger partial charge in [0.25, 0.3) is 5.69 Å². The fraction of sp³-hybridized carbons (Fsp3) is 0.467. The van der Waals surface area contributed by atoms with E-state index >= 15 is 0 Å². The Morgan fingerprint density at radius 1 is 1.15 bits per heavy atom. The van der Waals surface area contributed by atoms with E-state index < -0.39 is 28.4 Å². The molecule has 2 saturated heterocycles. The molecule has 2 amide bonds. The van der Waals surface area contributed by atoms with E-state index in [0.717, 1.165) is 12.1 Å². The van der Waals surface area contributed by atoms with Gasteiger partial charge in [0.15, 0.2) is 0 Å². The number of halogens is 3. The van der Waals surface area contributed by atoms with E-state index in [1.165, 1.54) is 0 Å². The average Bonchev–Trinajstić information content (AvgIpc) is 2.92. The predicted molar refractivity (Wildman–Crippen MR) is 83.4 cm³/mol. The lowest BCUT2D eigenvalue weighted by Gasteiger charge is -2.37. The third-order valence-electron chi connectivity index (χ3n) is 4.54. The monoisotopic (exact) mass is 372 g/mol. The van der Waals surface area contributed by atoms with E-state index in [1.807, 2.05) is 0 Å². The molecule has 0 saturated carbocycles. The number of carbonyl (C=O) groups excluding carboxylic acids is 2. The number of anilines is 1. The number of nitro groups is 1. The van der Waals surface area contributed by atoms with Gasteiger partial charge in [-0.2, -0.15) is 13.2 Å². The van der Waals surface area contributed by atoms with Crippen molar-refractivity contribution in [2.75, 3.05) is 31.1 Å². The smallest absolute Gasteiger partial charge is 0.363 e. The molecule has 0 aromatic heterocycles. The lowest BCUT2D eigenvalue weighted by molar-refractivity contribution is -0.384. The minimum atomic E-state index is -4.66. The summed E-state index contributed by atoms with van der Waals surface area (Å²) >= 11 is 0. The molecule has 0 aliphatic carbocycles. The molecule has 2 aliphatic heterocycles. The van der Waals surface area contributed by atoms with Crippen molar-refractivity contribution in [3.05, 3.63) is 33.9 Å². The molecular weight excluding hydrogens is 357 g/mol. The van der Waals surface area contributed by atoms with Crippen molar-refractivity contribution in [1.82, 2.24) is 10.2 Å². The number of hydrogen-bond acceptors (Lipinski definition) is 6. The lowest BCUT2D eigenvalue weighted by Crippen LogP contribution is -2.52. The summed E-state index contributed by atoms with van der Waals surface area (Å²) in [7, 11) is 0. The molecule has 0 bridgehead atoms. The number of alkyl halides is 3. The Morgan fingerprint density at radius 2 is 1.81 bits per heavy atom. The normalized spacial score (nSPS) is 21.8. The van der Waals surface area contributed by atoms with Gasteiger partial charge < -0.3 is 4.90 Å². The van der Waals surface area contributed by atoms with Crippen molar-refractivity contribution >= 4 is 23.2 Å². The van der Waals surface area contributed by atoms with Crippen LogP contribution in [0.1, 0.15) is 12.0 Å². The Kier molecular flexibility index (Phi) is 4.57. The number of nitrogens with zero attached hydrogens (tertiary/aromatic N) is 3. The van der Waals surface area contributed by atoms with Gasteiger partial charge >= 0.3 is 6.18 Å². The second kappa shape index (κ2) is 6.56. The Balaban J connectivity index is 1.76. The molecule has 8 nitrogen and oxygen atoms in total. The van der Waals surface area contributed by atoms with Crippen LogP contribution in [0, 0.1) is 10.1 Å². The van der Waals surface area contributed by atoms with Gasteiger partial charge in [-0.1, -0.05) is 0 Å². The third kappa shape index (κ3) is 3.47. The summed E-state index contributed by atoms with van der Waals surface area (Å²) in [6.45, 7) is 1.32. The molecule has 140 valence electrons. The summed E-state index contributed by atoms with van der Waals surface area (Å²) in [5.74, 6) is -0.718. The number of hydrogen-bond donors (Lipinski definition) is 1. The molecular formula is C15H15F3N4O4. The van der Waals surface area contributed by atoms with Crippen LogP contribution in [-0.2, 0) is 15.8 Å². The minimum absolute atomic E-state index is 0.0687. The molecule has 1 atom stereocenters. The van der Waals surface area contributed by atoms with Crippen LogP contribution in [-0.4, -0.2) is 53.9 Å². The Bertz CT molecular complexity index is 760. The number of amides is 2. The van der Waals surface area contributed by atoms with Gasteiger partial charge in [0.1, 0.15) is 5.69 Å². The van der Waals surface area contributed by atoms with Crippen molar-refractivity contribution in [3.8, 4) is 0 Å². The maximum absolute atomic E-state index is 12.8. The summed E-state index contributed by atoms with van der Waals surface area (Å²) in [5.41, 5.74) is -1.58. The summed E-state index contributed by atoms with van der Waals surface area (Å²) < 4.78 is 38.4. The second-order valence-electron chi connectivity index (χ2n) is 6.11. The molecule has 26 heavy (non-hydrogen) atoms. The first-order valence-electron chi connectivity index (χ1n) is 7.85. The van der Waals surface area contributed by atoms with Crippen LogP contribution in [0.2, 0.25) is 0 Å². The molecule has 2 aliphatic rings. The number of piperazine rings is 1. The number of benzene rings is 1. The third-order valence-corrected chi connectivity index (χ3v) is 4.54. The maximum Gasteiger partial charge on any atom is 0.416 e. The minimum Gasteiger partial charge on any atom is -0.363 e. The molecule has 1 unspecified atom stereocenters. The quantitative estimate of drug-likeness (QED) is 0.486. The summed E-state index contributed by atoms with van der Waals surface area (Å²) in [6.07, 6.45) is -4.59. The highest BCUT2D eigenvalue weighted by Crippen LogP contribution is 2.36. The van der Waals surface area contributed by atoms with Crippen LogP contribution < -0.4 is 10.2 Å². The fourth-order valence-corrected chi connectivity index (χ4v) is 3.22. The molecule has 1 aromatic rings. The highest BCUT2D eigenvalue weighted by atomic mass is 19.4. The molecule has 1 N–H and O–H groups in total. The number of nitro benzene ring substituents is 1. The zero-order valence-corrected chi connectivity index (χ0v) is 13.5. The lowest BCUT2D eigenvalue weighted by atomic mass is 10.1. The SMILES string of the molecule is O=C1CC(N2CCN(c3ccc(C(F)(F)F)cc3[N+](=O)[O-])CC2)C(=O)N1. The summed E-state index contributed by atoms with van der Waals surface area (Å²) in [5, 5.41) is 13.4.